The number of carbonyl (C=O) groups is 3. The first-order chi connectivity index (χ1) is 14.0. The number of ether oxygens (including phenoxy) is 1. The van der Waals surface area contributed by atoms with Gasteiger partial charge in [-0.1, -0.05) is 12.1 Å². The number of hydrogen-bond acceptors (Lipinski definition) is 6. The quantitative estimate of drug-likeness (QED) is 0.500. The molecule has 0 bridgehead atoms. The highest BCUT2D eigenvalue weighted by Gasteiger charge is 2.35. The number of aromatic nitrogens is 2. The Morgan fingerprint density at radius 2 is 1.76 bits per heavy atom. The average Bonchev–Trinajstić information content (AvgIpc) is 3.30. The zero-order valence-corrected chi connectivity index (χ0v) is 15.3. The van der Waals surface area contributed by atoms with Gasteiger partial charge in [0.15, 0.2) is 6.73 Å². The maximum Gasteiger partial charge on any atom is 0.339 e. The highest BCUT2D eigenvalue weighted by atomic mass is 16.5. The van der Waals surface area contributed by atoms with Gasteiger partial charge in [0.1, 0.15) is 5.82 Å². The molecule has 2 aromatic carbocycles. The van der Waals surface area contributed by atoms with E-state index in [1.807, 2.05) is 0 Å². The van der Waals surface area contributed by atoms with Crippen molar-refractivity contribution >= 4 is 28.7 Å². The van der Waals surface area contributed by atoms with Crippen molar-refractivity contribution in [3.05, 3.63) is 75.3 Å². The Hall–Kier alpha value is -3.81. The summed E-state index contributed by atoms with van der Waals surface area (Å²) in [5, 5.41) is 0.438. The molecule has 3 heterocycles. The lowest BCUT2D eigenvalue weighted by atomic mass is 10.1. The van der Waals surface area contributed by atoms with Crippen molar-refractivity contribution < 1.29 is 19.1 Å². The molecule has 2 aliphatic heterocycles. The lowest BCUT2D eigenvalue weighted by Gasteiger charge is -2.14. The SMILES string of the molecule is O=C(OCN1C(=O)c2ccccc2C1=O)c1ccc2c(=O)n3c(nc2c1)CCC3. The van der Waals surface area contributed by atoms with Gasteiger partial charge in [0, 0.05) is 13.0 Å². The number of aryl methyl sites for hydroxylation is 1. The highest BCUT2D eigenvalue weighted by Crippen LogP contribution is 2.22. The molecule has 8 heteroatoms. The third-order valence-corrected chi connectivity index (χ3v) is 5.26. The molecule has 0 saturated carbocycles. The lowest BCUT2D eigenvalue weighted by Crippen LogP contribution is -2.33. The van der Waals surface area contributed by atoms with Crippen LogP contribution in [-0.4, -0.2) is 39.0 Å². The number of esters is 1. The lowest BCUT2D eigenvalue weighted by molar-refractivity contribution is 0.0228. The van der Waals surface area contributed by atoms with Crippen molar-refractivity contribution in [2.75, 3.05) is 6.73 Å². The van der Waals surface area contributed by atoms with Crippen LogP contribution in [0, 0.1) is 0 Å². The van der Waals surface area contributed by atoms with Crippen LogP contribution < -0.4 is 5.56 Å². The Balaban J connectivity index is 1.37. The largest absolute Gasteiger partial charge is 0.440 e. The maximum absolute atomic E-state index is 12.5. The zero-order valence-electron chi connectivity index (χ0n) is 15.3. The van der Waals surface area contributed by atoms with Crippen LogP contribution in [0.15, 0.2) is 47.3 Å². The predicted molar refractivity (Wildman–Crippen MR) is 102 cm³/mol. The monoisotopic (exact) mass is 389 g/mol. The van der Waals surface area contributed by atoms with Crippen LogP contribution in [0.2, 0.25) is 0 Å². The third-order valence-electron chi connectivity index (χ3n) is 5.26. The summed E-state index contributed by atoms with van der Waals surface area (Å²) in [6.07, 6.45) is 1.59. The van der Waals surface area contributed by atoms with Crippen molar-refractivity contribution in [2.45, 2.75) is 19.4 Å². The van der Waals surface area contributed by atoms with Crippen LogP contribution in [0.3, 0.4) is 0 Å². The average molecular weight is 389 g/mol. The van der Waals surface area contributed by atoms with E-state index in [-0.39, 0.29) is 22.2 Å². The van der Waals surface area contributed by atoms with Gasteiger partial charge in [-0.3, -0.25) is 19.0 Å². The number of amides is 2. The third kappa shape index (κ3) is 2.64. The summed E-state index contributed by atoms with van der Waals surface area (Å²) in [4.78, 5) is 55.0. The van der Waals surface area contributed by atoms with E-state index in [9.17, 15) is 19.2 Å². The smallest absolute Gasteiger partial charge is 0.339 e. The van der Waals surface area contributed by atoms with Crippen LogP contribution in [-0.2, 0) is 17.7 Å². The molecule has 0 atom stereocenters. The summed E-state index contributed by atoms with van der Waals surface area (Å²) >= 11 is 0. The molecule has 0 spiro atoms. The molecule has 0 fully saturated rings. The number of hydrogen-bond donors (Lipinski definition) is 0. The summed E-state index contributed by atoms with van der Waals surface area (Å²) < 4.78 is 6.85. The molecule has 0 N–H and O–H groups in total. The molecule has 3 aromatic rings. The fourth-order valence-corrected chi connectivity index (χ4v) is 3.77. The Morgan fingerprint density at radius 3 is 2.48 bits per heavy atom. The van der Waals surface area contributed by atoms with Crippen molar-refractivity contribution in [1.29, 1.82) is 0 Å². The van der Waals surface area contributed by atoms with Gasteiger partial charge in [-0.15, -0.1) is 0 Å². The highest BCUT2D eigenvalue weighted by molar-refractivity contribution is 6.21. The second-order valence-corrected chi connectivity index (χ2v) is 6.97. The predicted octanol–water partition coefficient (Wildman–Crippen LogP) is 1.75. The summed E-state index contributed by atoms with van der Waals surface area (Å²) in [5.41, 5.74) is 1.09. The topological polar surface area (TPSA) is 98.6 Å². The van der Waals surface area contributed by atoms with Gasteiger partial charge in [-0.05, 0) is 36.8 Å². The van der Waals surface area contributed by atoms with E-state index >= 15 is 0 Å². The van der Waals surface area contributed by atoms with E-state index in [0.717, 1.165) is 17.7 Å². The Morgan fingerprint density at radius 1 is 1.03 bits per heavy atom. The van der Waals surface area contributed by atoms with Crippen molar-refractivity contribution in [3.8, 4) is 0 Å². The van der Waals surface area contributed by atoms with Gasteiger partial charge in [-0.2, -0.15) is 0 Å². The minimum Gasteiger partial charge on any atom is -0.440 e. The fourth-order valence-electron chi connectivity index (χ4n) is 3.77. The molecule has 0 aliphatic carbocycles. The fraction of sp³-hybridized carbons (Fsp3) is 0.190. The number of benzene rings is 2. The molecule has 2 amide bonds. The van der Waals surface area contributed by atoms with Crippen LogP contribution in [0.25, 0.3) is 10.9 Å². The summed E-state index contributed by atoms with van der Waals surface area (Å²) in [6.45, 7) is 0.171. The number of imide groups is 1. The minimum absolute atomic E-state index is 0.117. The van der Waals surface area contributed by atoms with Crippen LogP contribution >= 0.6 is 0 Å². The van der Waals surface area contributed by atoms with E-state index in [2.05, 4.69) is 4.98 Å². The Kier molecular flexibility index (Phi) is 3.80. The van der Waals surface area contributed by atoms with Crippen molar-refractivity contribution in [2.24, 2.45) is 0 Å². The first-order valence-electron chi connectivity index (χ1n) is 9.20. The van der Waals surface area contributed by atoms with E-state index in [0.29, 0.717) is 23.3 Å². The van der Waals surface area contributed by atoms with Gasteiger partial charge in [0.25, 0.3) is 17.4 Å². The second-order valence-electron chi connectivity index (χ2n) is 6.97. The van der Waals surface area contributed by atoms with Crippen LogP contribution in [0.4, 0.5) is 0 Å². The molecule has 0 radical (unpaired) electrons. The van der Waals surface area contributed by atoms with Crippen molar-refractivity contribution in [3.63, 3.8) is 0 Å². The number of rotatable bonds is 3. The minimum atomic E-state index is -0.703. The summed E-state index contributed by atoms with van der Waals surface area (Å²) in [5.74, 6) is -0.991. The van der Waals surface area contributed by atoms with Gasteiger partial charge < -0.3 is 4.74 Å². The summed E-state index contributed by atoms with van der Waals surface area (Å²) in [7, 11) is 0. The van der Waals surface area contributed by atoms with Gasteiger partial charge in [0.05, 0.1) is 27.6 Å². The first kappa shape index (κ1) is 17.3. The Labute approximate surface area is 164 Å². The molecule has 5 rings (SSSR count). The molecule has 8 nitrogen and oxygen atoms in total. The molecule has 2 aliphatic rings. The van der Waals surface area contributed by atoms with Gasteiger partial charge >= 0.3 is 5.97 Å². The van der Waals surface area contributed by atoms with Crippen molar-refractivity contribution in [1.82, 2.24) is 14.5 Å². The number of nitrogens with zero attached hydrogens (tertiary/aromatic N) is 3. The normalized spacial score (nSPS) is 15.0. The number of fused-ring (bicyclic) bond motifs is 3. The standard InChI is InChI=1S/C21H15N3O5/c25-18-13-4-1-2-5-14(13)19(26)24(18)11-29-21(28)12-7-8-15-16(10-12)22-17-6-3-9-23(17)20(15)27/h1-2,4-5,7-8,10H,3,6,9,11H2. The molecule has 144 valence electrons. The molecular formula is C21H15N3O5. The first-order valence-corrected chi connectivity index (χ1v) is 9.20. The number of carbonyl (C=O) groups excluding carboxylic acids is 3. The van der Waals surface area contributed by atoms with Gasteiger partial charge in [-0.25, -0.2) is 14.7 Å². The molecule has 0 unspecified atom stereocenters. The van der Waals surface area contributed by atoms with E-state index in [1.54, 1.807) is 34.9 Å². The summed E-state index contributed by atoms with van der Waals surface area (Å²) in [6, 6.07) is 11.0. The molecular weight excluding hydrogens is 374 g/mol. The van der Waals surface area contributed by atoms with E-state index < -0.39 is 24.5 Å². The Bertz CT molecular complexity index is 1240. The molecule has 0 saturated heterocycles. The van der Waals surface area contributed by atoms with E-state index in [1.165, 1.54) is 12.1 Å². The zero-order chi connectivity index (χ0) is 20.1. The second kappa shape index (κ2) is 6.37. The van der Waals surface area contributed by atoms with E-state index in [4.69, 9.17) is 4.74 Å². The molecule has 29 heavy (non-hydrogen) atoms. The van der Waals surface area contributed by atoms with Crippen LogP contribution in [0.5, 0.6) is 0 Å². The van der Waals surface area contributed by atoms with Gasteiger partial charge in [0.2, 0.25) is 0 Å². The van der Waals surface area contributed by atoms with Crippen LogP contribution in [0.1, 0.15) is 43.3 Å². The maximum atomic E-state index is 12.5. The molecule has 1 aromatic heterocycles.